The van der Waals surface area contributed by atoms with E-state index in [-0.39, 0.29) is 10.9 Å². The van der Waals surface area contributed by atoms with Crippen LogP contribution in [0.15, 0.2) is 66.0 Å². The number of aromatic nitrogens is 2. The fraction of sp³-hybridized carbons (Fsp3) is 0.360. The Kier molecular flexibility index (Phi) is 6.30. The minimum Gasteiger partial charge on any atom is -0.489 e. The van der Waals surface area contributed by atoms with Crippen LogP contribution >= 0.6 is 0 Å². The molecule has 1 aromatic heterocycles. The van der Waals surface area contributed by atoms with Crippen LogP contribution in [0.3, 0.4) is 0 Å². The number of carbonyl (C=O) groups is 1. The maximum absolute atomic E-state index is 12.4. The van der Waals surface area contributed by atoms with Crippen molar-refractivity contribution in [3.05, 3.63) is 66.6 Å². The molecule has 2 aromatic carbocycles. The van der Waals surface area contributed by atoms with Gasteiger partial charge in [-0.25, -0.2) is 18.2 Å². The molecule has 0 spiro atoms. The van der Waals surface area contributed by atoms with Crippen LogP contribution in [0.5, 0.6) is 5.75 Å². The minimum absolute atomic E-state index is 0.166. The third kappa shape index (κ3) is 5.82. The van der Waals surface area contributed by atoms with E-state index in [1.54, 1.807) is 30.5 Å². The van der Waals surface area contributed by atoms with Gasteiger partial charge in [0.1, 0.15) is 18.7 Å². The van der Waals surface area contributed by atoms with Gasteiger partial charge in [-0.1, -0.05) is 26.0 Å². The van der Waals surface area contributed by atoms with Gasteiger partial charge in [-0.3, -0.25) is 4.57 Å². The first-order valence-electron chi connectivity index (χ1n) is 10.9. The van der Waals surface area contributed by atoms with E-state index in [1.807, 2.05) is 24.3 Å². The van der Waals surface area contributed by atoms with E-state index in [2.05, 4.69) is 24.1 Å². The Bertz CT molecular complexity index is 1220. The fourth-order valence-electron chi connectivity index (χ4n) is 4.27. The van der Waals surface area contributed by atoms with Crippen LogP contribution in [0.25, 0.3) is 11.3 Å². The van der Waals surface area contributed by atoms with Crippen molar-refractivity contribution in [2.75, 3.05) is 12.8 Å². The Labute approximate surface area is 194 Å². The number of ether oxygens (including phenoxy) is 1. The molecule has 0 bridgehead atoms. The summed E-state index contributed by atoms with van der Waals surface area (Å²) in [4.78, 5) is 17.0. The minimum atomic E-state index is -3.21. The van der Waals surface area contributed by atoms with Crippen molar-refractivity contribution in [2.24, 2.45) is 11.3 Å². The van der Waals surface area contributed by atoms with Crippen LogP contribution < -0.4 is 10.1 Å². The number of imidazole rings is 1. The van der Waals surface area contributed by atoms with Crippen molar-refractivity contribution in [3.8, 4) is 17.0 Å². The zero-order valence-electron chi connectivity index (χ0n) is 19.1. The molecule has 0 unspecified atom stereocenters. The van der Waals surface area contributed by atoms with E-state index in [4.69, 9.17) is 4.74 Å². The van der Waals surface area contributed by atoms with E-state index in [1.165, 1.54) is 17.2 Å². The third-order valence-corrected chi connectivity index (χ3v) is 7.08. The first-order valence-corrected chi connectivity index (χ1v) is 12.8. The topological polar surface area (TPSA) is 90.3 Å². The zero-order chi connectivity index (χ0) is 23.6. The first kappa shape index (κ1) is 23.0. The smallest absolute Gasteiger partial charge is 0.326 e. The van der Waals surface area contributed by atoms with Crippen molar-refractivity contribution in [1.82, 2.24) is 14.9 Å². The highest BCUT2D eigenvalue weighted by molar-refractivity contribution is 7.90. The molecule has 0 aliphatic heterocycles. The van der Waals surface area contributed by atoms with Gasteiger partial charge in [0.15, 0.2) is 9.84 Å². The normalized spacial score (nSPS) is 15.6. The van der Waals surface area contributed by atoms with Gasteiger partial charge in [-0.05, 0) is 66.1 Å². The fourth-order valence-corrected chi connectivity index (χ4v) is 4.91. The van der Waals surface area contributed by atoms with Crippen LogP contribution in [0, 0.1) is 11.3 Å². The second-order valence-corrected chi connectivity index (χ2v) is 11.5. The monoisotopic (exact) mass is 467 g/mol. The lowest BCUT2D eigenvalue weighted by Gasteiger charge is -2.42. The van der Waals surface area contributed by atoms with Gasteiger partial charge in [-0.15, -0.1) is 0 Å². The van der Waals surface area contributed by atoms with Crippen molar-refractivity contribution in [3.63, 3.8) is 0 Å². The van der Waals surface area contributed by atoms with E-state index in [9.17, 15) is 13.2 Å². The predicted molar refractivity (Wildman–Crippen MR) is 127 cm³/mol. The number of nitrogens with zero attached hydrogens (tertiary/aromatic N) is 2. The van der Waals surface area contributed by atoms with Crippen molar-refractivity contribution in [2.45, 2.75) is 38.2 Å². The molecule has 1 N–H and O–H groups in total. The molecule has 8 heteroatoms. The number of carbonyl (C=O) groups excluding carboxylic acids is 1. The summed E-state index contributed by atoms with van der Waals surface area (Å²) in [5.41, 5.74) is 2.86. The van der Waals surface area contributed by atoms with E-state index in [0.29, 0.717) is 35.9 Å². The van der Waals surface area contributed by atoms with Gasteiger partial charge in [0.25, 0.3) is 0 Å². The quantitative estimate of drug-likeness (QED) is 0.551. The number of nitrogens with one attached hydrogen (secondary N) is 1. The summed E-state index contributed by atoms with van der Waals surface area (Å²) in [5, 5.41) is 2.99. The third-order valence-electron chi connectivity index (χ3n) is 5.95. The molecule has 1 heterocycles. The second-order valence-electron chi connectivity index (χ2n) is 9.52. The molecule has 0 saturated heterocycles. The van der Waals surface area contributed by atoms with Crippen molar-refractivity contribution < 1.29 is 17.9 Å². The maximum atomic E-state index is 12.4. The molecular formula is C25H29N3O4S. The largest absolute Gasteiger partial charge is 0.489 e. The van der Waals surface area contributed by atoms with Gasteiger partial charge in [0.05, 0.1) is 10.6 Å². The van der Waals surface area contributed by atoms with Crippen LogP contribution in [-0.4, -0.2) is 36.8 Å². The molecule has 3 aromatic rings. The molecule has 4 rings (SSSR count). The van der Waals surface area contributed by atoms with E-state index < -0.39 is 9.84 Å². The van der Waals surface area contributed by atoms with Gasteiger partial charge in [-0.2, -0.15) is 0 Å². The average Bonchev–Trinajstić information content (AvgIpc) is 3.25. The van der Waals surface area contributed by atoms with Crippen LogP contribution in [0.2, 0.25) is 0 Å². The molecule has 1 saturated carbocycles. The van der Waals surface area contributed by atoms with Crippen LogP contribution in [0.4, 0.5) is 4.79 Å². The van der Waals surface area contributed by atoms with Gasteiger partial charge >= 0.3 is 6.03 Å². The van der Waals surface area contributed by atoms with Gasteiger partial charge in [0, 0.05) is 24.6 Å². The van der Waals surface area contributed by atoms with Gasteiger partial charge in [0.2, 0.25) is 0 Å². The summed E-state index contributed by atoms with van der Waals surface area (Å²) in [6.45, 7) is 5.53. The highest BCUT2D eigenvalue weighted by Crippen LogP contribution is 2.44. The van der Waals surface area contributed by atoms with E-state index >= 15 is 0 Å². The molecule has 0 atom stereocenters. The van der Waals surface area contributed by atoms with Crippen molar-refractivity contribution >= 4 is 15.9 Å². The Morgan fingerprint density at radius 3 is 2.39 bits per heavy atom. The summed E-state index contributed by atoms with van der Waals surface area (Å²) >= 11 is 0. The summed E-state index contributed by atoms with van der Waals surface area (Å²) in [5.74, 6) is 1.24. The highest BCUT2D eigenvalue weighted by Gasteiger charge is 2.35. The lowest BCUT2D eigenvalue weighted by molar-refractivity contribution is 0.0974. The molecular weight excluding hydrogens is 438 g/mol. The van der Waals surface area contributed by atoms with Crippen molar-refractivity contribution in [1.29, 1.82) is 0 Å². The molecule has 1 amide bonds. The number of sulfone groups is 1. The summed E-state index contributed by atoms with van der Waals surface area (Å²) in [7, 11) is -3.21. The number of amides is 1. The summed E-state index contributed by atoms with van der Waals surface area (Å²) in [6, 6.07) is 14.0. The number of hydrogen-bond donors (Lipinski definition) is 1. The molecule has 1 aliphatic rings. The number of rotatable bonds is 7. The van der Waals surface area contributed by atoms with E-state index in [0.717, 1.165) is 24.0 Å². The Morgan fingerprint density at radius 1 is 1.12 bits per heavy atom. The lowest BCUT2D eigenvalue weighted by Crippen LogP contribution is -2.41. The molecule has 33 heavy (non-hydrogen) atoms. The average molecular weight is 468 g/mol. The number of hydrogen-bond acceptors (Lipinski definition) is 5. The Hall–Kier alpha value is -3.13. The molecule has 7 nitrogen and oxygen atoms in total. The Balaban J connectivity index is 1.30. The summed E-state index contributed by atoms with van der Waals surface area (Å²) in [6.07, 6.45) is 6.72. The highest BCUT2D eigenvalue weighted by atomic mass is 32.2. The lowest BCUT2D eigenvalue weighted by atomic mass is 9.64. The second kappa shape index (κ2) is 9.02. The zero-order valence-corrected chi connectivity index (χ0v) is 19.9. The number of benzene rings is 2. The predicted octanol–water partition coefficient (Wildman–Crippen LogP) is 4.53. The SMILES string of the molecule is CC1(C)CC(CNC(=O)n2cnc(-c3ccc(OCc4ccc(S(C)(=O)=O)cc4)cc3)c2)C1. The van der Waals surface area contributed by atoms with Gasteiger partial charge < -0.3 is 10.1 Å². The first-order chi connectivity index (χ1) is 15.6. The molecule has 0 radical (unpaired) electrons. The molecule has 1 aliphatic carbocycles. The standard InChI is InChI=1S/C25H29N3O4S/c1-25(2)12-19(13-25)14-26-24(29)28-15-23(27-17-28)20-6-8-21(9-7-20)32-16-18-4-10-22(11-5-18)33(3,30)31/h4-11,15,17,19H,12-14,16H2,1-3H3,(H,26,29). The molecule has 1 fully saturated rings. The van der Waals surface area contributed by atoms with Crippen LogP contribution in [0.1, 0.15) is 32.3 Å². The molecule has 174 valence electrons. The summed E-state index contributed by atoms with van der Waals surface area (Å²) < 4.78 is 30.4. The maximum Gasteiger partial charge on any atom is 0.326 e. The van der Waals surface area contributed by atoms with Crippen LogP contribution in [-0.2, 0) is 16.4 Å². The Morgan fingerprint density at radius 2 is 1.79 bits per heavy atom.